The van der Waals surface area contributed by atoms with E-state index in [-0.39, 0.29) is 23.0 Å². The summed E-state index contributed by atoms with van der Waals surface area (Å²) in [6, 6.07) is 0.988. The van der Waals surface area contributed by atoms with Crippen LogP contribution in [0.5, 0.6) is 11.6 Å². The fourth-order valence-electron chi connectivity index (χ4n) is 1.24. The molecule has 0 aliphatic heterocycles. The third-order valence-electron chi connectivity index (χ3n) is 2.04. The van der Waals surface area contributed by atoms with Crippen LogP contribution in [0.4, 0.5) is 13.2 Å². The first-order valence-corrected chi connectivity index (χ1v) is 5.99. The number of esters is 1. The number of hydrogen-bond acceptors (Lipinski definition) is 5. The summed E-state index contributed by atoms with van der Waals surface area (Å²) in [6.45, 7) is 0. The second kappa shape index (κ2) is 6.09. The molecule has 0 aromatic carbocycles. The molecule has 0 amide bonds. The van der Waals surface area contributed by atoms with Crippen molar-refractivity contribution in [1.29, 1.82) is 0 Å². The zero-order valence-corrected chi connectivity index (χ0v) is 11.2. The number of methoxy groups -OCH3 is 1. The Labute approximate surface area is 114 Å². The minimum Gasteiger partial charge on any atom is -0.503 e. The lowest BCUT2D eigenvalue weighted by Crippen LogP contribution is -2.19. The summed E-state index contributed by atoms with van der Waals surface area (Å²) in [4.78, 5) is 14.6. The highest BCUT2D eigenvalue weighted by molar-refractivity contribution is 9.08. The van der Waals surface area contributed by atoms with Crippen LogP contribution in [0.3, 0.4) is 0 Å². The first kappa shape index (κ1) is 15.5. The molecule has 0 atom stereocenters. The molecule has 0 bridgehead atoms. The van der Waals surface area contributed by atoms with Gasteiger partial charge in [-0.05, 0) is 11.6 Å². The van der Waals surface area contributed by atoms with Crippen molar-refractivity contribution in [1.82, 2.24) is 4.98 Å². The lowest BCUT2D eigenvalue weighted by atomic mass is 10.1. The van der Waals surface area contributed by atoms with Crippen molar-refractivity contribution in [3.05, 3.63) is 17.3 Å². The molecule has 1 rings (SSSR count). The molecule has 9 heteroatoms. The normalized spacial score (nSPS) is 11.2. The summed E-state index contributed by atoms with van der Waals surface area (Å²) >= 11 is 3.03. The number of halogens is 4. The van der Waals surface area contributed by atoms with E-state index in [0.29, 0.717) is 0 Å². The molecule has 0 spiro atoms. The van der Waals surface area contributed by atoms with Crippen LogP contribution in [0.1, 0.15) is 11.3 Å². The molecule has 0 fully saturated rings. The Kier molecular flexibility index (Phi) is 4.98. The van der Waals surface area contributed by atoms with Gasteiger partial charge in [0.1, 0.15) is 0 Å². The average molecular weight is 344 g/mol. The molecule has 0 unspecified atom stereocenters. The Balaban J connectivity index is 3.10. The Morgan fingerprint density at radius 3 is 2.63 bits per heavy atom. The molecule has 0 aliphatic rings. The van der Waals surface area contributed by atoms with Gasteiger partial charge in [0.2, 0.25) is 0 Å². The van der Waals surface area contributed by atoms with Gasteiger partial charge in [-0.3, -0.25) is 4.79 Å². The number of aromatic hydroxyl groups is 1. The molecule has 106 valence electrons. The van der Waals surface area contributed by atoms with Gasteiger partial charge in [0.15, 0.2) is 5.75 Å². The van der Waals surface area contributed by atoms with Gasteiger partial charge in [0, 0.05) is 5.33 Å². The van der Waals surface area contributed by atoms with Crippen molar-refractivity contribution < 1.29 is 32.5 Å². The maximum atomic E-state index is 12.1. The number of nitrogens with zero attached hydrogens (tertiary/aromatic N) is 1. The molecule has 0 radical (unpaired) electrons. The van der Waals surface area contributed by atoms with Crippen LogP contribution in [0.2, 0.25) is 0 Å². The SMILES string of the molecule is COC(=O)Cc1cc(O)c(OC(F)(F)F)nc1CBr. The highest BCUT2D eigenvalue weighted by Crippen LogP contribution is 2.31. The van der Waals surface area contributed by atoms with Gasteiger partial charge >= 0.3 is 12.3 Å². The smallest absolute Gasteiger partial charge is 0.503 e. The Bertz CT molecular complexity index is 479. The Hall–Kier alpha value is -1.51. The summed E-state index contributed by atoms with van der Waals surface area (Å²) in [5, 5.41) is 9.50. The molecule has 1 aromatic heterocycles. The van der Waals surface area contributed by atoms with Gasteiger partial charge in [-0.15, -0.1) is 13.2 Å². The third kappa shape index (κ3) is 4.58. The topological polar surface area (TPSA) is 68.7 Å². The van der Waals surface area contributed by atoms with E-state index >= 15 is 0 Å². The molecule has 0 saturated heterocycles. The molecular weight excluding hydrogens is 335 g/mol. The van der Waals surface area contributed by atoms with E-state index in [4.69, 9.17) is 0 Å². The van der Waals surface area contributed by atoms with Crippen molar-refractivity contribution in [3.63, 3.8) is 0 Å². The van der Waals surface area contributed by atoms with Crippen molar-refractivity contribution >= 4 is 21.9 Å². The molecule has 1 aromatic rings. The van der Waals surface area contributed by atoms with Crippen LogP contribution in [-0.4, -0.2) is 29.5 Å². The van der Waals surface area contributed by atoms with Gasteiger partial charge in [-0.1, -0.05) is 15.9 Å². The molecule has 1 heterocycles. The van der Waals surface area contributed by atoms with E-state index in [1.165, 1.54) is 7.11 Å². The second-order valence-electron chi connectivity index (χ2n) is 3.35. The van der Waals surface area contributed by atoms with Crippen molar-refractivity contribution in [2.45, 2.75) is 18.1 Å². The first-order valence-electron chi connectivity index (χ1n) is 4.87. The van der Waals surface area contributed by atoms with Crippen LogP contribution in [-0.2, 0) is 21.3 Å². The van der Waals surface area contributed by atoms with Crippen LogP contribution in [0, 0.1) is 0 Å². The fourth-order valence-corrected chi connectivity index (χ4v) is 1.73. The van der Waals surface area contributed by atoms with E-state index in [0.717, 1.165) is 6.07 Å². The van der Waals surface area contributed by atoms with E-state index in [9.17, 15) is 23.1 Å². The highest BCUT2D eigenvalue weighted by atomic mass is 79.9. The van der Waals surface area contributed by atoms with Gasteiger partial charge < -0.3 is 14.6 Å². The predicted molar refractivity (Wildman–Crippen MR) is 60.9 cm³/mol. The minimum absolute atomic E-state index is 0.0911. The van der Waals surface area contributed by atoms with Gasteiger partial charge in [0.05, 0.1) is 19.2 Å². The van der Waals surface area contributed by atoms with Gasteiger partial charge in [0.25, 0.3) is 5.88 Å². The summed E-state index contributed by atoms with van der Waals surface area (Å²) in [7, 11) is 1.17. The van der Waals surface area contributed by atoms with E-state index in [1.54, 1.807) is 0 Å². The Morgan fingerprint density at radius 2 is 2.16 bits per heavy atom. The number of pyridine rings is 1. The number of carbonyl (C=O) groups is 1. The van der Waals surface area contributed by atoms with Crippen LogP contribution in [0.25, 0.3) is 0 Å². The zero-order valence-electron chi connectivity index (χ0n) is 9.62. The van der Waals surface area contributed by atoms with E-state index in [2.05, 4.69) is 30.4 Å². The number of alkyl halides is 4. The van der Waals surface area contributed by atoms with Crippen LogP contribution in [0.15, 0.2) is 6.07 Å². The molecule has 1 N–H and O–H groups in total. The highest BCUT2D eigenvalue weighted by Gasteiger charge is 2.33. The molecular formula is C10H9BrF3NO4. The lowest BCUT2D eigenvalue weighted by molar-refractivity contribution is -0.276. The van der Waals surface area contributed by atoms with Gasteiger partial charge in [-0.25, -0.2) is 4.98 Å². The summed E-state index contributed by atoms with van der Waals surface area (Å²) in [5.41, 5.74) is 0.387. The fraction of sp³-hybridized carbons (Fsp3) is 0.400. The monoisotopic (exact) mass is 343 g/mol. The summed E-state index contributed by atoms with van der Waals surface area (Å²) < 4.78 is 44.2. The Morgan fingerprint density at radius 1 is 1.53 bits per heavy atom. The number of ether oxygens (including phenoxy) is 2. The predicted octanol–water partition coefficient (Wildman–Crippen LogP) is 2.30. The van der Waals surface area contributed by atoms with Gasteiger partial charge in [-0.2, -0.15) is 0 Å². The number of carbonyl (C=O) groups excluding carboxylic acids is 1. The quantitative estimate of drug-likeness (QED) is 0.671. The molecule has 0 aliphatic carbocycles. The van der Waals surface area contributed by atoms with E-state index in [1.807, 2.05) is 0 Å². The number of hydrogen-bond donors (Lipinski definition) is 1. The first-order chi connectivity index (χ1) is 8.76. The van der Waals surface area contributed by atoms with Crippen molar-refractivity contribution in [2.75, 3.05) is 7.11 Å². The number of aromatic nitrogens is 1. The average Bonchev–Trinajstić information content (AvgIpc) is 2.30. The number of rotatable bonds is 4. The standard InChI is InChI=1S/C10H9BrF3NO4/c1-18-8(17)3-5-2-7(16)9(15-6(5)4-11)19-10(12,13)14/h2,16H,3-4H2,1H3. The van der Waals surface area contributed by atoms with Crippen LogP contribution >= 0.6 is 15.9 Å². The maximum absolute atomic E-state index is 12.1. The van der Waals surface area contributed by atoms with Crippen molar-refractivity contribution in [2.24, 2.45) is 0 Å². The third-order valence-corrected chi connectivity index (χ3v) is 2.57. The summed E-state index contributed by atoms with van der Waals surface area (Å²) in [5.74, 6) is -2.37. The maximum Gasteiger partial charge on any atom is 0.574 e. The molecule has 0 saturated carbocycles. The lowest BCUT2D eigenvalue weighted by Gasteiger charge is -2.12. The van der Waals surface area contributed by atoms with E-state index < -0.39 is 24.0 Å². The van der Waals surface area contributed by atoms with Crippen molar-refractivity contribution in [3.8, 4) is 11.6 Å². The van der Waals surface area contributed by atoms with Crippen LogP contribution < -0.4 is 4.74 Å². The molecule has 19 heavy (non-hydrogen) atoms. The second-order valence-corrected chi connectivity index (χ2v) is 3.91. The zero-order chi connectivity index (χ0) is 14.6. The minimum atomic E-state index is -4.96. The summed E-state index contributed by atoms with van der Waals surface area (Å²) in [6.07, 6.45) is -5.18. The molecule has 5 nitrogen and oxygen atoms in total. The largest absolute Gasteiger partial charge is 0.574 e.